The zero-order valence-corrected chi connectivity index (χ0v) is 12.7. The Labute approximate surface area is 136 Å². The van der Waals surface area contributed by atoms with E-state index in [4.69, 9.17) is 0 Å². The van der Waals surface area contributed by atoms with Crippen molar-refractivity contribution in [3.05, 3.63) is 60.0 Å². The van der Waals surface area contributed by atoms with Gasteiger partial charge in [0.2, 0.25) is 5.95 Å². The van der Waals surface area contributed by atoms with Gasteiger partial charge in [-0.25, -0.2) is 9.97 Å². The van der Waals surface area contributed by atoms with Gasteiger partial charge in [0.1, 0.15) is 0 Å². The minimum absolute atomic E-state index is 0.155. The maximum absolute atomic E-state index is 12.3. The average Bonchev–Trinajstić information content (AvgIpc) is 2.58. The van der Waals surface area contributed by atoms with Crippen LogP contribution in [-0.4, -0.2) is 21.1 Å². The maximum atomic E-state index is 12.3. The molecule has 124 valence electrons. The van der Waals surface area contributed by atoms with Crippen LogP contribution in [0, 0.1) is 0 Å². The van der Waals surface area contributed by atoms with Gasteiger partial charge in [-0.2, -0.15) is 13.2 Å². The number of para-hydroxylation sites is 1. The number of nitrogens with one attached hydrogen (secondary N) is 1. The summed E-state index contributed by atoms with van der Waals surface area (Å²) >= 11 is 0. The number of benzene rings is 1. The number of anilines is 1. The number of aryl methyl sites for hydroxylation is 1. The molecule has 0 aliphatic heterocycles. The fraction of sp³-hybridized carbons (Fsp3) is 0.235. The molecule has 7 heteroatoms. The molecule has 3 aromatic rings. The van der Waals surface area contributed by atoms with E-state index >= 15 is 0 Å². The van der Waals surface area contributed by atoms with Crippen LogP contribution in [0.3, 0.4) is 0 Å². The van der Waals surface area contributed by atoms with Crippen LogP contribution < -0.4 is 5.32 Å². The highest BCUT2D eigenvalue weighted by atomic mass is 19.4. The number of pyridine rings is 1. The van der Waals surface area contributed by atoms with E-state index in [1.165, 1.54) is 12.3 Å². The second-order valence-electron chi connectivity index (χ2n) is 5.38. The molecule has 0 spiro atoms. The molecular weight excluding hydrogens is 317 g/mol. The van der Waals surface area contributed by atoms with Crippen LogP contribution in [0.5, 0.6) is 0 Å². The molecule has 0 aliphatic rings. The fourth-order valence-corrected chi connectivity index (χ4v) is 2.28. The molecule has 0 aliphatic carbocycles. The molecule has 0 atom stereocenters. The van der Waals surface area contributed by atoms with Crippen molar-refractivity contribution in [1.29, 1.82) is 0 Å². The van der Waals surface area contributed by atoms with Crippen molar-refractivity contribution < 1.29 is 13.2 Å². The van der Waals surface area contributed by atoms with Crippen molar-refractivity contribution in [2.75, 3.05) is 5.32 Å². The molecule has 1 N–H and O–H groups in total. The Kier molecular flexibility index (Phi) is 4.59. The van der Waals surface area contributed by atoms with Crippen LogP contribution in [-0.2, 0) is 13.0 Å². The smallest absolute Gasteiger partial charge is 0.350 e. The van der Waals surface area contributed by atoms with Crippen molar-refractivity contribution in [1.82, 2.24) is 15.0 Å². The van der Waals surface area contributed by atoms with E-state index in [1.54, 1.807) is 6.20 Å². The molecule has 3 rings (SSSR count). The molecule has 1 aromatic carbocycles. The normalized spacial score (nSPS) is 11.6. The molecule has 4 nitrogen and oxygen atoms in total. The van der Waals surface area contributed by atoms with E-state index in [9.17, 15) is 13.2 Å². The largest absolute Gasteiger partial charge is 0.389 e. The van der Waals surface area contributed by atoms with Crippen molar-refractivity contribution in [3.8, 4) is 0 Å². The number of hydrogen-bond donors (Lipinski definition) is 1. The molecule has 0 fully saturated rings. The van der Waals surface area contributed by atoms with E-state index < -0.39 is 12.6 Å². The summed E-state index contributed by atoms with van der Waals surface area (Å²) in [5.41, 5.74) is 2.21. The molecule has 2 heterocycles. The molecule has 0 radical (unpaired) electrons. The third-order valence-corrected chi connectivity index (χ3v) is 3.48. The molecule has 0 saturated heterocycles. The Morgan fingerprint density at radius 3 is 2.71 bits per heavy atom. The Hall–Kier alpha value is -2.70. The summed E-state index contributed by atoms with van der Waals surface area (Å²) < 4.78 is 36.8. The van der Waals surface area contributed by atoms with Crippen molar-refractivity contribution >= 4 is 16.9 Å². The topological polar surface area (TPSA) is 50.7 Å². The van der Waals surface area contributed by atoms with Gasteiger partial charge in [-0.15, -0.1) is 0 Å². The molecule has 0 saturated carbocycles. The van der Waals surface area contributed by atoms with Gasteiger partial charge in [0.25, 0.3) is 0 Å². The maximum Gasteiger partial charge on any atom is 0.389 e. The van der Waals surface area contributed by atoms with Crippen molar-refractivity contribution in [2.45, 2.75) is 25.6 Å². The van der Waals surface area contributed by atoms with Gasteiger partial charge in [-0.1, -0.05) is 18.2 Å². The predicted molar refractivity (Wildman–Crippen MR) is 85.5 cm³/mol. The quantitative estimate of drug-likeness (QED) is 0.763. The predicted octanol–water partition coefficient (Wildman–Crippen LogP) is 4.13. The first kappa shape index (κ1) is 16.2. The van der Waals surface area contributed by atoms with E-state index in [1.807, 2.05) is 30.3 Å². The van der Waals surface area contributed by atoms with E-state index in [2.05, 4.69) is 20.3 Å². The number of rotatable bonds is 5. The number of nitrogens with zero attached hydrogens (tertiary/aromatic N) is 3. The Bertz CT molecular complexity index is 833. The lowest BCUT2D eigenvalue weighted by atomic mass is 10.1. The van der Waals surface area contributed by atoms with Crippen molar-refractivity contribution in [3.63, 3.8) is 0 Å². The summed E-state index contributed by atoms with van der Waals surface area (Å²) in [6.45, 7) is 0.445. The molecular formula is C17H15F3N4. The summed E-state index contributed by atoms with van der Waals surface area (Å²) in [4.78, 5) is 12.5. The highest BCUT2D eigenvalue weighted by Gasteiger charge is 2.26. The third kappa shape index (κ3) is 4.41. The molecule has 24 heavy (non-hydrogen) atoms. The SMILES string of the molecule is FC(F)(F)CCc1ccnc(NCc2cnc3ccccc3c2)n1. The van der Waals surface area contributed by atoms with Gasteiger partial charge >= 0.3 is 6.18 Å². The zero-order chi connectivity index (χ0) is 17.0. The number of halogens is 3. The van der Waals surface area contributed by atoms with Crippen LogP contribution in [0.1, 0.15) is 17.7 Å². The Balaban J connectivity index is 1.65. The second-order valence-corrected chi connectivity index (χ2v) is 5.38. The lowest BCUT2D eigenvalue weighted by Crippen LogP contribution is -2.10. The van der Waals surface area contributed by atoms with E-state index in [0.29, 0.717) is 18.2 Å². The number of alkyl halides is 3. The monoisotopic (exact) mass is 332 g/mol. The highest BCUT2D eigenvalue weighted by molar-refractivity contribution is 5.78. The van der Waals surface area contributed by atoms with Crippen molar-refractivity contribution in [2.24, 2.45) is 0 Å². The molecule has 0 bridgehead atoms. The summed E-state index contributed by atoms with van der Waals surface area (Å²) in [5, 5.41) is 4.04. The summed E-state index contributed by atoms with van der Waals surface area (Å²) in [7, 11) is 0. The number of fused-ring (bicyclic) bond motifs is 1. The van der Waals surface area contributed by atoms with Crippen LogP contribution in [0.15, 0.2) is 48.8 Å². The molecule has 0 amide bonds. The number of aromatic nitrogens is 3. The lowest BCUT2D eigenvalue weighted by Gasteiger charge is -2.08. The van der Waals surface area contributed by atoms with Gasteiger partial charge in [0, 0.05) is 36.4 Å². The lowest BCUT2D eigenvalue weighted by molar-refractivity contribution is -0.134. The second kappa shape index (κ2) is 6.82. The van der Waals surface area contributed by atoms with E-state index in [0.717, 1.165) is 16.5 Å². The van der Waals surface area contributed by atoms with Gasteiger partial charge in [0.05, 0.1) is 5.52 Å². The van der Waals surface area contributed by atoms with Gasteiger partial charge < -0.3 is 5.32 Å². The average molecular weight is 332 g/mol. The Morgan fingerprint density at radius 2 is 1.88 bits per heavy atom. The minimum atomic E-state index is -4.19. The Morgan fingerprint density at radius 1 is 1.04 bits per heavy atom. The first-order valence-corrected chi connectivity index (χ1v) is 7.46. The van der Waals surface area contributed by atoms with Crippen LogP contribution >= 0.6 is 0 Å². The fourth-order valence-electron chi connectivity index (χ4n) is 2.28. The van der Waals surface area contributed by atoms with Gasteiger partial charge in [-0.3, -0.25) is 4.98 Å². The molecule has 0 unspecified atom stereocenters. The summed E-state index contributed by atoms with van der Waals surface area (Å²) in [6, 6.07) is 11.3. The summed E-state index contributed by atoms with van der Waals surface area (Å²) in [5.74, 6) is 0.308. The van der Waals surface area contributed by atoms with E-state index in [-0.39, 0.29) is 6.42 Å². The molecule has 2 aromatic heterocycles. The van der Waals surface area contributed by atoms with Gasteiger partial charge in [0.15, 0.2) is 0 Å². The first-order chi connectivity index (χ1) is 11.5. The zero-order valence-electron chi connectivity index (χ0n) is 12.7. The summed E-state index contributed by atoms with van der Waals surface area (Å²) in [6.07, 6.45) is -2.02. The standard InChI is InChI=1S/C17H15F3N4/c18-17(19,20)7-5-14-6-8-21-16(24-14)23-11-12-9-13-3-1-2-4-15(13)22-10-12/h1-4,6,8-10H,5,7,11H2,(H,21,23,24). The highest BCUT2D eigenvalue weighted by Crippen LogP contribution is 2.21. The van der Waals surface area contributed by atoms with Crippen LogP contribution in [0.2, 0.25) is 0 Å². The van der Waals surface area contributed by atoms with Gasteiger partial charge in [-0.05, 0) is 30.2 Å². The minimum Gasteiger partial charge on any atom is -0.350 e. The third-order valence-electron chi connectivity index (χ3n) is 3.48. The number of hydrogen-bond acceptors (Lipinski definition) is 4. The first-order valence-electron chi connectivity index (χ1n) is 7.46. The van der Waals surface area contributed by atoms with Crippen LogP contribution in [0.25, 0.3) is 10.9 Å². The van der Waals surface area contributed by atoms with Crippen LogP contribution in [0.4, 0.5) is 19.1 Å².